The monoisotopic (exact) mass is 491 g/mol. The number of allylic oxidation sites excluding steroid dienone is 1. The normalized spacial score (nSPS) is 18.4. The van der Waals surface area contributed by atoms with E-state index in [9.17, 15) is 9.59 Å². The fourth-order valence-corrected chi connectivity index (χ4v) is 5.72. The first kappa shape index (κ1) is 23.4. The fraction of sp³-hybridized carbons (Fsp3) is 0.370. The fourth-order valence-electron chi connectivity index (χ4n) is 4.69. The minimum absolute atomic E-state index is 0.204. The van der Waals surface area contributed by atoms with Gasteiger partial charge in [-0.1, -0.05) is 41.2 Å². The molecule has 2 aliphatic rings. The Bertz CT molecular complexity index is 1450. The van der Waals surface area contributed by atoms with Crippen LogP contribution < -0.4 is 19.8 Å². The second-order valence-corrected chi connectivity index (χ2v) is 9.95. The number of carbonyl (C=O) groups excluding carboxylic acids is 1. The van der Waals surface area contributed by atoms with Crippen LogP contribution in [-0.2, 0) is 9.53 Å². The van der Waals surface area contributed by atoms with Crippen molar-refractivity contribution in [1.82, 2.24) is 4.57 Å². The molecule has 2 aromatic heterocycles. The first-order valence-electron chi connectivity index (χ1n) is 12.1. The first-order chi connectivity index (χ1) is 17.0. The Morgan fingerprint density at radius 3 is 2.60 bits per heavy atom. The van der Waals surface area contributed by atoms with Crippen LogP contribution >= 0.6 is 11.3 Å². The maximum absolute atomic E-state index is 13.7. The molecule has 1 saturated heterocycles. The zero-order valence-electron chi connectivity index (χ0n) is 20.2. The summed E-state index contributed by atoms with van der Waals surface area (Å²) in [4.78, 5) is 34.0. The van der Waals surface area contributed by atoms with Gasteiger partial charge in [-0.05, 0) is 51.7 Å². The quantitative estimate of drug-likeness (QED) is 0.509. The van der Waals surface area contributed by atoms with Crippen molar-refractivity contribution in [3.05, 3.63) is 84.2 Å². The lowest BCUT2D eigenvalue weighted by molar-refractivity contribution is -0.139. The zero-order chi connectivity index (χ0) is 24.5. The van der Waals surface area contributed by atoms with Crippen LogP contribution in [0.3, 0.4) is 0 Å². The third kappa shape index (κ3) is 4.50. The lowest BCUT2D eigenvalue weighted by Crippen LogP contribution is -2.39. The molecular weight excluding hydrogens is 462 g/mol. The van der Waals surface area contributed by atoms with E-state index in [0.717, 1.165) is 42.9 Å². The van der Waals surface area contributed by atoms with Crippen molar-refractivity contribution < 1.29 is 13.9 Å². The maximum atomic E-state index is 13.7. The van der Waals surface area contributed by atoms with E-state index in [2.05, 4.69) is 9.89 Å². The van der Waals surface area contributed by atoms with Gasteiger partial charge < -0.3 is 14.1 Å². The lowest BCUT2D eigenvalue weighted by atomic mass is 9.95. The molecule has 3 aromatic rings. The molecule has 35 heavy (non-hydrogen) atoms. The molecule has 0 N–H and O–H groups in total. The number of anilines is 1. The average molecular weight is 492 g/mol. The highest BCUT2D eigenvalue weighted by atomic mass is 32.1. The summed E-state index contributed by atoms with van der Waals surface area (Å²) in [6.45, 7) is 7.79. The highest BCUT2D eigenvalue weighted by Crippen LogP contribution is 2.31. The number of nitrogens with zero attached hydrogens (tertiary/aromatic N) is 3. The number of esters is 1. The Morgan fingerprint density at radius 2 is 1.89 bits per heavy atom. The summed E-state index contributed by atoms with van der Waals surface area (Å²) < 4.78 is 13.5. The molecule has 0 radical (unpaired) electrons. The van der Waals surface area contributed by atoms with Crippen molar-refractivity contribution in [3.8, 4) is 0 Å². The summed E-state index contributed by atoms with van der Waals surface area (Å²) in [7, 11) is 0. The summed E-state index contributed by atoms with van der Waals surface area (Å²) in [5.74, 6) is 1.01. The minimum Gasteiger partial charge on any atom is -0.463 e. The number of furan rings is 1. The van der Waals surface area contributed by atoms with Crippen molar-refractivity contribution >= 4 is 29.3 Å². The van der Waals surface area contributed by atoms with Gasteiger partial charge in [0.2, 0.25) is 0 Å². The Labute approximate surface area is 207 Å². The largest absolute Gasteiger partial charge is 0.463 e. The number of hydrogen-bond donors (Lipinski definition) is 0. The number of piperidine rings is 1. The van der Waals surface area contributed by atoms with Gasteiger partial charge in [0.25, 0.3) is 5.56 Å². The van der Waals surface area contributed by atoms with Crippen LogP contribution in [0.5, 0.6) is 0 Å². The number of carbonyl (C=O) groups is 1. The van der Waals surface area contributed by atoms with E-state index in [4.69, 9.17) is 9.15 Å². The molecule has 0 bridgehead atoms. The second-order valence-electron chi connectivity index (χ2n) is 8.94. The number of aromatic nitrogens is 1. The predicted octanol–water partition coefficient (Wildman–Crippen LogP) is 3.69. The van der Waals surface area contributed by atoms with Gasteiger partial charge in [-0.3, -0.25) is 9.36 Å². The van der Waals surface area contributed by atoms with Gasteiger partial charge in [0.15, 0.2) is 10.7 Å². The molecule has 1 aromatic carbocycles. The van der Waals surface area contributed by atoms with Gasteiger partial charge in [0, 0.05) is 25.2 Å². The van der Waals surface area contributed by atoms with E-state index in [-0.39, 0.29) is 12.2 Å². The van der Waals surface area contributed by atoms with Crippen LogP contribution in [0, 0.1) is 6.92 Å². The van der Waals surface area contributed by atoms with Gasteiger partial charge in [-0.25, -0.2) is 9.79 Å². The molecule has 7 nitrogen and oxygen atoms in total. The third-order valence-corrected chi connectivity index (χ3v) is 7.45. The van der Waals surface area contributed by atoms with Gasteiger partial charge in [-0.15, -0.1) is 0 Å². The predicted molar refractivity (Wildman–Crippen MR) is 136 cm³/mol. The molecule has 5 rings (SSSR count). The molecule has 0 aliphatic carbocycles. The van der Waals surface area contributed by atoms with Crippen molar-refractivity contribution in [2.24, 2.45) is 4.99 Å². The third-order valence-electron chi connectivity index (χ3n) is 6.46. The van der Waals surface area contributed by atoms with E-state index in [1.807, 2.05) is 43.3 Å². The summed E-state index contributed by atoms with van der Waals surface area (Å²) in [5.41, 5.74) is 2.68. The molecule has 0 saturated carbocycles. The van der Waals surface area contributed by atoms with Crippen molar-refractivity contribution in [2.75, 3.05) is 24.6 Å². The van der Waals surface area contributed by atoms with Crippen molar-refractivity contribution in [1.29, 1.82) is 0 Å². The smallest absolute Gasteiger partial charge is 0.338 e. The zero-order valence-corrected chi connectivity index (χ0v) is 21.1. The van der Waals surface area contributed by atoms with Gasteiger partial charge in [0.1, 0.15) is 5.76 Å². The number of aryl methyl sites for hydroxylation is 1. The highest BCUT2D eigenvalue weighted by molar-refractivity contribution is 7.07. The summed E-state index contributed by atoms with van der Waals surface area (Å²) in [5, 5.41) is 0. The molecule has 1 unspecified atom stereocenters. The van der Waals surface area contributed by atoms with E-state index < -0.39 is 12.0 Å². The average Bonchev–Trinajstić information content (AvgIpc) is 3.44. The molecule has 0 spiro atoms. The Kier molecular flexibility index (Phi) is 6.47. The first-order valence-corrected chi connectivity index (χ1v) is 12.9. The Balaban J connectivity index is 1.60. The van der Waals surface area contributed by atoms with Crippen LogP contribution in [0.25, 0.3) is 6.08 Å². The highest BCUT2D eigenvalue weighted by Gasteiger charge is 2.33. The molecule has 2 aliphatic heterocycles. The van der Waals surface area contributed by atoms with E-state index in [0.29, 0.717) is 26.4 Å². The Hall–Kier alpha value is -3.39. The molecule has 182 valence electrons. The number of rotatable bonds is 5. The second kappa shape index (κ2) is 9.70. The van der Waals surface area contributed by atoms with Gasteiger partial charge in [0.05, 0.1) is 28.5 Å². The minimum atomic E-state index is -0.603. The van der Waals surface area contributed by atoms with Crippen LogP contribution in [0.2, 0.25) is 0 Å². The summed E-state index contributed by atoms with van der Waals surface area (Å²) in [6.07, 6.45) is 5.35. The number of benzene rings is 1. The van der Waals surface area contributed by atoms with Gasteiger partial charge >= 0.3 is 5.97 Å². The van der Waals surface area contributed by atoms with Crippen molar-refractivity contribution in [3.63, 3.8) is 0 Å². The molecule has 0 amide bonds. The molecule has 8 heteroatoms. The number of ether oxygens (including phenoxy) is 1. The Morgan fingerprint density at radius 1 is 1.14 bits per heavy atom. The van der Waals surface area contributed by atoms with Crippen LogP contribution in [-0.4, -0.2) is 30.2 Å². The van der Waals surface area contributed by atoms with Crippen LogP contribution in [0.1, 0.15) is 56.0 Å². The molecule has 1 atom stereocenters. The lowest BCUT2D eigenvalue weighted by Gasteiger charge is -2.25. The number of hydrogen-bond acceptors (Lipinski definition) is 7. The molecule has 1 fully saturated rings. The maximum Gasteiger partial charge on any atom is 0.338 e. The molecular formula is C27H29N3O4S. The summed E-state index contributed by atoms with van der Waals surface area (Å²) >= 11 is 1.30. The van der Waals surface area contributed by atoms with Crippen LogP contribution in [0.15, 0.2) is 61.9 Å². The number of thiazole rings is 1. The SMILES string of the molecule is CCOC(=O)C1=C(C)N=c2sc(=Cc3ccc(N4CCCCC4)o3)c(=O)n2C1c1ccc(C)cc1. The standard InChI is InChI=1S/C27H29N3O4S/c1-4-33-26(32)23-18(3)28-27-30(24(23)19-10-8-17(2)9-11-19)25(31)21(35-27)16-20-12-13-22(34-20)29-14-6-5-7-15-29/h8-13,16,24H,4-7,14-15H2,1-3H3. The summed E-state index contributed by atoms with van der Waals surface area (Å²) in [6, 6.07) is 11.1. The van der Waals surface area contributed by atoms with Crippen LogP contribution in [0.4, 0.5) is 5.88 Å². The number of fused-ring (bicyclic) bond motifs is 1. The van der Waals surface area contributed by atoms with E-state index in [1.54, 1.807) is 24.5 Å². The van der Waals surface area contributed by atoms with Crippen molar-refractivity contribution in [2.45, 2.75) is 46.1 Å². The topological polar surface area (TPSA) is 77.0 Å². The molecule has 4 heterocycles. The van der Waals surface area contributed by atoms with E-state index in [1.165, 1.54) is 17.8 Å². The van der Waals surface area contributed by atoms with Gasteiger partial charge in [-0.2, -0.15) is 0 Å². The van der Waals surface area contributed by atoms with E-state index >= 15 is 0 Å².